The van der Waals surface area contributed by atoms with Crippen molar-refractivity contribution >= 4 is 0 Å². The van der Waals surface area contributed by atoms with Gasteiger partial charge < -0.3 is 10.4 Å². The molecule has 1 heterocycles. The molecule has 4 rings (SSSR count). The summed E-state index contributed by atoms with van der Waals surface area (Å²) in [6, 6.07) is 0. The summed E-state index contributed by atoms with van der Waals surface area (Å²) in [5.41, 5.74) is 0.322. The van der Waals surface area contributed by atoms with Crippen LogP contribution in [0.4, 0.5) is 0 Å². The zero-order valence-corrected chi connectivity index (χ0v) is 8.13. The minimum atomic E-state index is 0.322. The first-order chi connectivity index (χ1) is 6.36. The van der Waals surface area contributed by atoms with Crippen LogP contribution in [-0.4, -0.2) is 24.8 Å². The highest BCUT2D eigenvalue weighted by atomic mass is 16.3. The van der Waals surface area contributed by atoms with Gasteiger partial charge in [-0.05, 0) is 61.9 Å². The summed E-state index contributed by atoms with van der Waals surface area (Å²) in [6.45, 7) is 2.82. The fraction of sp³-hybridized carbons (Fsp3) is 1.00. The summed E-state index contributed by atoms with van der Waals surface area (Å²) < 4.78 is 0. The van der Waals surface area contributed by atoms with Crippen LogP contribution in [0.2, 0.25) is 0 Å². The van der Waals surface area contributed by atoms with Crippen molar-refractivity contribution in [1.29, 1.82) is 0 Å². The van der Waals surface area contributed by atoms with Crippen LogP contribution in [-0.2, 0) is 0 Å². The third kappa shape index (κ3) is 0.962. The van der Waals surface area contributed by atoms with E-state index in [9.17, 15) is 5.11 Å². The molecule has 2 unspecified atom stereocenters. The minimum absolute atomic E-state index is 0.322. The van der Waals surface area contributed by atoms with E-state index in [1.807, 2.05) is 0 Å². The predicted molar refractivity (Wildman–Crippen MR) is 51.3 cm³/mol. The Morgan fingerprint density at radius 1 is 1.23 bits per heavy atom. The van der Waals surface area contributed by atoms with Crippen LogP contribution in [0.3, 0.4) is 0 Å². The molecule has 2 atom stereocenters. The fourth-order valence-electron chi connectivity index (χ4n) is 4.15. The molecule has 0 aromatic rings. The zero-order chi connectivity index (χ0) is 8.89. The Morgan fingerprint density at radius 2 is 2.00 bits per heavy atom. The molecular weight excluding hydrogens is 162 g/mol. The molecule has 1 aliphatic heterocycles. The summed E-state index contributed by atoms with van der Waals surface area (Å²) in [7, 11) is 0. The van der Waals surface area contributed by atoms with Crippen LogP contribution in [0, 0.1) is 23.2 Å². The Hall–Kier alpha value is -0.0800. The lowest BCUT2D eigenvalue weighted by Gasteiger charge is -2.53. The van der Waals surface area contributed by atoms with Crippen molar-refractivity contribution in [3.63, 3.8) is 0 Å². The number of hydrogen-bond acceptors (Lipinski definition) is 2. The van der Waals surface area contributed by atoms with Crippen LogP contribution in [0.15, 0.2) is 0 Å². The lowest BCUT2D eigenvalue weighted by molar-refractivity contribution is -0.0679. The van der Waals surface area contributed by atoms with Gasteiger partial charge in [-0.1, -0.05) is 0 Å². The topological polar surface area (TPSA) is 32.3 Å². The Labute approximate surface area is 79.7 Å². The van der Waals surface area contributed by atoms with Gasteiger partial charge in [0.25, 0.3) is 0 Å². The molecule has 2 nitrogen and oxygen atoms in total. The molecule has 3 aliphatic carbocycles. The van der Waals surface area contributed by atoms with Crippen molar-refractivity contribution in [2.75, 3.05) is 19.7 Å². The van der Waals surface area contributed by atoms with Crippen LogP contribution >= 0.6 is 0 Å². The number of nitrogens with one attached hydrogen (secondary N) is 1. The summed E-state index contributed by atoms with van der Waals surface area (Å²) in [6.07, 6.45) is 5.33. The van der Waals surface area contributed by atoms with Crippen LogP contribution in [0.1, 0.15) is 25.7 Å². The van der Waals surface area contributed by atoms with E-state index in [0.717, 1.165) is 17.8 Å². The SMILES string of the molecule is OCC12CCC(CC1)C1CNCC12. The number of aliphatic hydroxyl groups excluding tert-OH is 1. The van der Waals surface area contributed by atoms with E-state index in [4.69, 9.17) is 0 Å². The molecule has 1 saturated heterocycles. The molecule has 13 heavy (non-hydrogen) atoms. The highest BCUT2D eigenvalue weighted by molar-refractivity contribution is 5.05. The van der Waals surface area contributed by atoms with Gasteiger partial charge in [0.1, 0.15) is 0 Å². The standard InChI is InChI=1S/C11H19NO/c13-7-11-3-1-8(2-4-11)9-5-12-6-10(9)11/h8-10,12-13H,1-7H2. The molecule has 0 spiro atoms. The quantitative estimate of drug-likeness (QED) is 0.632. The number of hydrogen-bond donors (Lipinski definition) is 2. The molecule has 2 N–H and O–H groups in total. The third-order valence-electron chi connectivity index (χ3n) is 4.99. The summed E-state index contributed by atoms with van der Waals surface area (Å²) in [5, 5.41) is 13.1. The van der Waals surface area contributed by atoms with Crippen LogP contribution in [0.25, 0.3) is 0 Å². The molecule has 74 valence electrons. The summed E-state index contributed by atoms with van der Waals surface area (Å²) >= 11 is 0. The van der Waals surface area contributed by atoms with Crippen LogP contribution in [0.5, 0.6) is 0 Å². The second-order valence-corrected chi connectivity index (χ2v) is 5.29. The van der Waals surface area contributed by atoms with Gasteiger partial charge >= 0.3 is 0 Å². The monoisotopic (exact) mass is 181 g/mol. The van der Waals surface area contributed by atoms with Gasteiger partial charge in [0.05, 0.1) is 0 Å². The van der Waals surface area contributed by atoms with Crippen molar-refractivity contribution in [3.8, 4) is 0 Å². The van der Waals surface area contributed by atoms with E-state index in [2.05, 4.69) is 5.32 Å². The third-order valence-corrected chi connectivity index (χ3v) is 4.99. The molecule has 0 aromatic heterocycles. The normalized spacial score (nSPS) is 53.8. The molecular formula is C11H19NO. The lowest BCUT2D eigenvalue weighted by Crippen LogP contribution is -2.49. The first-order valence-electron chi connectivity index (χ1n) is 5.67. The van der Waals surface area contributed by atoms with Gasteiger partial charge in [0.15, 0.2) is 0 Å². The molecule has 0 aromatic carbocycles. The average Bonchev–Trinajstić information content (AvgIpc) is 2.70. The summed E-state index contributed by atoms with van der Waals surface area (Å²) in [4.78, 5) is 0. The van der Waals surface area contributed by atoms with Gasteiger partial charge in [-0.15, -0.1) is 0 Å². The Bertz CT molecular complexity index is 208. The summed E-state index contributed by atoms with van der Waals surface area (Å²) in [5.74, 6) is 2.67. The maximum absolute atomic E-state index is 9.59. The van der Waals surface area contributed by atoms with E-state index in [0.29, 0.717) is 12.0 Å². The van der Waals surface area contributed by atoms with E-state index in [1.54, 1.807) is 0 Å². The first-order valence-corrected chi connectivity index (χ1v) is 5.67. The second-order valence-electron chi connectivity index (χ2n) is 5.29. The molecule has 4 fully saturated rings. The maximum atomic E-state index is 9.59. The molecule has 0 amide bonds. The molecule has 4 aliphatic rings. The highest BCUT2D eigenvalue weighted by Gasteiger charge is 2.54. The van der Waals surface area contributed by atoms with Crippen molar-refractivity contribution in [1.82, 2.24) is 5.32 Å². The maximum Gasteiger partial charge on any atom is 0.0490 e. The van der Waals surface area contributed by atoms with E-state index in [1.165, 1.54) is 38.8 Å². The Morgan fingerprint density at radius 3 is 2.69 bits per heavy atom. The molecule has 3 saturated carbocycles. The van der Waals surface area contributed by atoms with E-state index in [-0.39, 0.29) is 0 Å². The predicted octanol–water partition coefficient (Wildman–Crippen LogP) is 1.00. The van der Waals surface area contributed by atoms with Gasteiger partial charge in [-0.25, -0.2) is 0 Å². The Kier molecular flexibility index (Phi) is 1.72. The average molecular weight is 181 g/mol. The number of aliphatic hydroxyl groups is 1. The largest absolute Gasteiger partial charge is 0.396 e. The highest BCUT2D eigenvalue weighted by Crippen LogP contribution is 2.57. The van der Waals surface area contributed by atoms with Gasteiger partial charge in [-0.3, -0.25) is 0 Å². The fourth-order valence-corrected chi connectivity index (χ4v) is 4.15. The lowest BCUT2D eigenvalue weighted by atomic mass is 9.52. The van der Waals surface area contributed by atoms with E-state index >= 15 is 0 Å². The molecule has 2 bridgehead atoms. The number of fused-ring (bicyclic) bond motifs is 2. The zero-order valence-electron chi connectivity index (χ0n) is 8.13. The van der Waals surface area contributed by atoms with Gasteiger partial charge in [0, 0.05) is 6.61 Å². The smallest absolute Gasteiger partial charge is 0.0490 e. The van der Waals surface area contributed by atoms with Crippen molar-refractivity contribution in [2.45, 2.75) is 25.7 Å². The minimum Gasteiger partial charge on any atom is -0.396 e. The second kappa shape index (κ2) is 2.71. The molecule has 0 radical (unpaired) electrons. The molecule has 2 heteroatoms. The van der Waals surface area contributed by atoms with Gasteiger partial charge in [0.2, 0.25) is 0 Å². The van der Waals surface area contributed by atoms with Crippen molar-refractivity contribution < 1.29 is 5.11 Å². The van der Waals surface area contributed by atoms with Crippen molar-refractivity contribution in [2.24, 2.45) is 23.2 Å². The number of rotatable bonds is 1. The van der Waals surface area contributed by atoms with Gasteiger partial charge in [-0.2, -0.15) is 0 Å². The van der Waals surface area contributed by atoms with Crippen molar-refractivity contribution in [3.05, 3.63) is 0 Å². The van der Waals surface area contributed by atoms with E-state index < -0.39 is 0 Å². The first kappa shape index (κ1) is 8.25. The van der Waals surface area contributed by atoms with Crippen LogP contribution < -0.4 is 5.32 Å². The Balaban J connectivity index is 1.94.